The molecule has 2 rings (SSSR count). The molecule has 0 saturated carbocycles. The van der Waals surface area contributed by atoms with E-state index in [1.54, 1.807) is 6.92 Å². The summed E-state index contributed by atoms with van der Waals surface area (Å²) in [5.74, 6) is -0.711. The fraction of sp³-hybridized carbons (Fsp3) is 0.500. The largest absolute Gasteiger partial charge is 0.481 e. The first kappa shape index (κ1) is 13.4. The zero-order valence-corrected chi connectivity index (χ0v) is 11.4. The number of likely N-dealkylation sites (tertiary alicyclic amines) is 1. The van der Waals surface area contributed by atoms with Gasteiger partial charge in [-0.05, 0) is 24.5 Å². The second kappa shape index (κ2) is 5.29. The van der Waals surface area contributed by atoms with Crippen LogP contribution in [0, 0.1) is 11.8 Å². The average Bonchev–Trinajstić information content (AvgIpc) is 2.27. The fourth-order valence-corrected chi connectivity index (χ4v) is 2.69. The summed E-state index contributed by atoms with van der Waals surface area (Å²) < 4.78 is 0. The summed E-state index contributed by atoms with van der Waals surface area (Å²) in [6.07, 6.45) is 0. The highest BCUT2D eigenvalue weighted by atomic mass is 35.5. The van der Waals surface area contributed by atoms with Crippen molar-refractivity contribution in [2.45, 2.75) is 19.9 Å². The van der Waals surface area contributed by atoms with E-state index in [4.69, 9.17) is 16.7 Å². The molecule has 1 heterocycles. The average molecular weight is 268 g/mol. The topological polar surface area (TPSA) is 40.5 Å². The quantitative estimate of drug-likeness (QED) is 0.912. The van der Waals surface area contributed by atoms with Crippen LogP contribution in [0.4, 0.5) is 0 Å². The molecule has 1 aliphatic rings. The van der Waals surface area contributed by atoms with E-state index in [1.165, 1.54) is 0 Å². The van der Waals surface area contributed by atoms with E-state index in [0.29, 0.717) is 0 Å². The van der Waals surface area contributed by atoms with Crippen molar-refractivity contribution >= 4 is 17.6 Å². The van der Waals surface area contributed by atoms with Gasteiger partial charge in [0.15, 0.2) is 0 Å². The lowest BCUT2D eigenvalue weighted by Crippen LogP contribution is -2.51. The summed E-state index contributed by atoms with van der Waals surface area (Å²) in [4.78, 5) is 13.2. The number of hydrogen-bond donors (Lipinski definition) is 1. The van der Waals surface area contributed by atoms with E-state index in [0.717, 1.165) is 23.7 Å². The number of aliphatic carboxylic acids is 1. The van der Waals surface area contributed by atoms with Crippen LogP contribution in [0.1, 0.15) is 25.5 Å². The van der Waals surface area contributed by atoms with Crippen molar-refractivity contribution in [2.24, 2.45) is 11.8 Å². The molecule has 1 N–H and O–H groups in total. The lowest BCUT2D eigenvalue weighted by atomic mass is 9.85. The van der Waals surface area contributed by atoms with Crippen LogP contribution >= 0.6 is 11.6 Å². The molecule has 1 aliphatic heterocycles. The monoisotopic (exact) mass is 267 g/mol. The SMILES string of the molecule is CC(C(=O)O)C1CN(C(C)c2ccccc2Cl)C1. The van der Waals surface area contributed by atoms with Crippen LogP contribution in [-0.4, -0.2) is 29.1 Å². The minimum Gasteiger partial charge on any atom is -0.481 e. The normalized spacial score (nSPS) is 20.2. The Kier molecular flexibility index (Phi) is 3.93. The number of nitrogens with zero attached hydrogens (tertiary/aromatic N) is 1. The van der Waals surface area contributed by atoms with Gasteiger partial charge in [0.1, 0.15) is 0 Å². The van der Waals surface area contributed by atoms with Gasteiger partial charge < -0.3 is 5.11 Å². The van der Waals surface area contributed by atoms with Crippen molar-refractivity contribution in [3.05, 3.63) is 34.9 Å². The summed E-state index contributed by atoms with van der Waals surface area (Å²) in [6.45, 7) is 5.56. The first-order valence-electron chi connectivity index (χ1n) is 6.22. The molecule has 0 spiro atoms. The fourth-order valence-electron chi connectivity index (χ4n) is 2.39. The van der Waals surface area contributed by atoms with Crippen molar-refractivity contribution in [3.8, 4) is 0 Å². The minimum absolute atomic E-state index is 0.246. The van der Waals surface area contributed by atoms with E-state index in [9.17, 15) is 4.79 Å². The maximum absolute atomic E-state index is 10.9. The van der Waals surface area contributed by atoms with Crippen LogP contribution in [0.25, 0.3) is 0 Å². The number of rotatable bonds is 4. The van der Waals surface area contributed by atoms with Crippen molar-refractivity contribution in [3.63, 3.8) is 0 Å². The van der Waals surface area contributed by atoms with Crippen LogP contribution in [0.2, 0.25) is 5.02 Å². The van der Waals surface area contributed by atoms with Gasteiger partial charge in [0, 0.05) is 24.2 Å². The number of halogens is 1. The van der Waals surface area contributed by atoms with Gasteiger partial charge in [-0.1, -0.05) is 36.7 Å². The summed E-state index contributed by atoms with van der Waals surface area (Å²) in [5.41, 5.74) is 1.11. The standard InChI is InChI=1S/C14H18ClNO2/c1-9(14(17)18)11-7-16(8-11)10(2)12-5-3-4-6-13(12)15/h3-6,9-11H,7-8H2,1-2H3,(H,17,18). The van der Waals surface area contributed by atoms with E-state index < -0.39 is 5.97 Å². The highest BCUT2D eigenvalue weighted by molar-refractivity contribution is 6.31. The van der Waals surface area contributed by atoms with E-state index >= 15 is 0 Å². The van der Waals surface area contributed by atoms with Crippen molar-refractivity contribution in [1.29, 1.82) is 0 Å². The molecule has 0 aromatic heterocycles. The van der Waals surface area contributed by atoms with E-state index in [1.807, 2.05) is 24.3 Å². The third kappa shape index (κ3) is 2.52. The molecule has 0 amide bonds. The maximum atomic E-state index is 10.9. The molecular formula is C14H18ClNO2. The number of carboxylic acids is 1. The lowest BCUT2D eigenvalue weighted by molar-refractivity contribution is -0.146. The molecule has 3 nitrogen and oxygen atoms in total. The van der Waals surface area contributed by atoms with Crippen LogP contribution in [-0.2, 0) is 4.79 Å². The van der Waals surface area contributed by atoms with Gasteiger partial charge in [0.25, 0.3) is 0 Å². The Morgan fingerprint density at radius 2 is 2.00 bits per heavy atom. The number of carboxylic acid groups (broad SMARTS) is 1. The Morgan fingerprint density at radius 3 is 2.56 bits per heavy atom. The molecule has 0 bridgehead atoms. The molecule has 0 radical (unpaired) electrons. The molecule has 1 saturated heterocycles. The molecule has 1 fully saturated rings. The Bertz CT molecular complexity index is 443. The molecule has 98 valence electrons. The van der Waals surface area contributed by atoms with Gasteiger partial charge in [-0.15, -0.1) is 0 Å². The number of hydrogen-bond acceptors (Lipinski definition) is 2. The van der Waals surface area contributed by atoms with Crippen LogP contribution < -0.4 is 0 Å². The number of carbonyl (C=O) groups is 1. The van der Waals surface area contributed by atoms with Gasteiger partial charge in [-0.25, -0.2) is 0 Å². The van der Waals surface area contributed by atoms with Crippen LogP contribution in [0.3, 0.4) is 0 Å². The first-order valence-corrected chi connectivity index (χ1v) is 6.59. The van der Waals surface area contributed by atoms with E-state index in [-0.39, 0.29) is 17.9 Å². The molecule has 4 heteroatoms. The summed E-state index contributed by atoms with van der Waals surface area (Å²) in [6, 6.07) is 8.07. The van der Waals surface area contributed by atoms with Crippen LogP contribution in [0.15, 0.2) is 24.3 Å². The third-order valence-corrected chi connectivity index (χ3v) is 4.28. The zero-order chi connectivity index (χ0) is 13.3. The maximum Gasteiger partial charge on any atom is 0.306 e. The molecule has 0 aliphatic carbocycles. The predicted octanol–water partition coefficient (Wildman–Crippen LogP) is 3.05. The second-order valence-electron chi connectivity index (χ2n) is 5.04. The zero-order valence-electron chi connectivity index (χ0n) is 10.6. The molecule has 1 aromatic rings. The smallest absolute Gasteiger partial charge is 0.306 e. The van der Waals surface area contributed by atoms with Crippen molar-refractivity contribution in [1.82, 2.24) is 4.90 Å². The van der Waals surface area contributed by atoms with Gasteiger partial charge in [0.2, 0.25) is 0 Å². The second-order valence-corrected chi connectivity index (χ2v) is 5.45. The summed E-state index contributed by atoms with van der Waals surface area (Å²) in [7, 11) is 0. The van der Waals surface area contributed by atoms with Crippen LogP contribution in [0.5, 0.6) is 0 Å². The van der Waals surface area contributed by atoms with Gasteiger partial charge in [-0.2, -0.15) is 0 Å². The van der Waals surface area contributed by atoms with Gasteiger partial charge in [-0.3, -0.25) is 9.69 Å². The summed E-state index contributed by atoms with van der Waals surface area (Å²) >= 11 is 6.17. The highest BCUT2D eigenvalue weighted by Gasteiger charge is 2.37. The first-order chi connectivity index (χ1) is 8.50. The number of benzene rings is 1. The summed E-state index contributed by atoms with van der Waals surface area (Å²) in [5, 5.41) is 9.74. The Hall–Kier alpha value is -1.06. The minimum atomic E-state index is -0.704. The molecule has 18 heavy (non-hydrogen) atoms. The molecule has 1 aromatic carbocycles. The Labute approximate surface area is 112 Å². The molecular weight excluding hydrogens is 250 g/mol. The lowest BCUT2D eigenvalue weighted by Gasteiger charge is -2.45. The molecule has 2 atom stereocenters. The van der Waals surface area contributed by atoms with Gasteiger partial charge >= 0.3 is 5.97 Å². The molecule has 2 unspecified atom stereocenters. The Morgan fingerprint density at radius 1 is 1.39 bits per heavy atom. The predicted molar refractivity (Wildman–Crippen MR) is 71.7 cm³/mol. The Balaban J connectivity index is 1.96. The van der Waals surface area contributed by atoms with Gasteiger partial charge in [0.05, 0.1) is 5.92 Å². The van der Waals surface area contributed by atoms with E-state index in [2.05, 4.69) is 11.8 Å². The van der Waals surface area contributed by atoms with Crippen molar-refractivity contribution < 1.29 is 9.90 Å². The van der Waals surface area contributed by atoms with Crippen molar-refractivity contribution in [2.75, 3.05) is 13.1 Å². The third-order valence-electron chi connectivity index (χ3n) is 3.94. The highest BCUT2D eigenvalue weighted by Crippen LogP contribution is 2.34.